The first-order valence-electron chi connectivity index (χ1n) is 6.90. The maximum absolute atomic E-state index is 13.3. The van der Waals surface area contributed by atoms with Crippen LogP contribution in [0.2, 0.25) is 0 Å². The van der Waals surface area contributed by atoms with Crippen molar-refractivity contribution in [1.82, 2.24) is 5.32 Å². The van der Waals surface area contributed by atoms with Crippen LogP contribution in [0.3, 0.4) is 0 Å². The summed E-state index contributed by atoms with van der Waals surface area (Å²) in [7, 11) is 1.42. The van der Waals surface area contributed by atoms with Crippen molar-refractivity contribution in [3.8, 4) is 5.75 Å². The Kier molecular flexibility index (Phi) is 5.96. The molecule has 1 aromatic rings. The van der Waals surface area contributed by atoms with Gasteiger partial charge in [-0.15, -0.1) is 0 Å². The lowest BCUT2D eigenvalue weighted by atomic mass is 9.89. The molecule has 0 radical (unpaired) electrons. The van der Waals surface area contributed by atoms with Crippen molar-refractivity contribution in [3.05, 3.63) is 24.0 Å². The van der Waals surface area contributed by atoms with Gasteiger partial charge in [0.25, 0.3) is 0 Å². The minimum Gasteiger partial charge on any atom is -0.497 e. The van der Waals surface area contributed by atoms with E-state index >= 15 is 0 Å². The van der Waals surface area contributed by atoms with Gasteiger partial charge < -0.3 is 20.5 Å². The molecule has 0 aromatic heterocycles. The summed E-state index contributed by atoms with van der Waals surface area (Å²) in [6.45, 7) is 5.67. The van der Waals surface area contributed by atoms with E-state index in [2.05, 4.69) is 10.6 Å². The number of urea groups is 1. The Balaban J connectivity index is 2.60. The molecule has 0 fully saturated rings. The van der Waals surface area contributed by atoms with E-state index in [1.807, 2.05) is 13.8 Å². The number of nitrogens with one attached hydrogen (secondary N) is 2. The molecule has 5 nitrogen and oxygen atoms in total. The Morgan fingerprint density at radius 2 is 2.14 bits per heavy atom. The first kappa shape index (κ1) is 17.2. The molecule has 2 unspecified atom stereocenters. The Hall–Kier alpha value is -1.82. The van der Waals surface area contributed by atoms with Crippen LogP contribution in [0, 0.1) is 11.7 Å². The normalized spacial score (nSPS) is 15.0. The van der Waals surface area contributed by atoms with Crippen LogP contribution in [-0.2, 0) is 0 Å². The van der Waals surface area contributed by atoms with E-state index in [9.17, 15) is 14.3 Å². The fraction of sp³-hybridized carbons (Fsp3) is 0.533. The Bertz CT molecular complexity index is 492. The summed E-state index contributed by atoms with van der Waals surface area (Å²) < 4.78 is 18.2. The second-order valence-corrected chi connectivity index (χ2v) is 5.35. The second-order valence-electron chi connectivity index (χ2n) is 5.35. The molecule has 0 bridgehead atoms. The summed E-state index contributed by atoms with van der Waals surface area (Å²) in [6.07, 6.45) is 0.803. The summed E-state index contributed by atoms with van der Waals surface area (Å²) in [6, 6.07) is 3.41. The SMILES string of the molecule is CCC(C)C(C)(O)CNC(=O)Nc1cc(F)cc(OC)c1. The number of hydrogen-bond donors (Lipinski definition) is 3. The van der Waals surface area contributed by atoms with Crippen LogP contribution in [0.4, 0.5) is 14.9 Å². The number of rotatable bonds is 6. The second kappa shape index (κ2) is 7.26. The smallest absolute Gasteiger partial charge is 0.319 e. The molecule has 0 heterocycles. The van der Waals surface area contributed by atoms with Gasteiger partial charge in [0, 0.05) is 24.4 Å². The third-order valence-corrected chi connectivity index (χ3v) is 3.65. The van der Waals surface area contributed by atoms with Gasteiger partial charge in [0.15, 0.2) is 0 Å². The highest BCUT2D eigenvalue weighted by Crippen LogP contribution is 2.20. The van der Waals surface area contributed by atoms with Crippen molar-refractivity contribution in [3.63, 3.8) is 0 Å². The predicted molar refractivity (Wildman–Crippen MR) is 80.1 cm³/mol. The van der Waals surface area contributed by atoms with E-state index in [1.54, 1.807) is 6.92 Å². The van der Waals surface area contributed by atoms with Crippen molar-refractivity contribution in [2.24, 2.45) is 5.92 Å². The monoisotopic (exact) mass is 298 g/mol. The van der Waals surface area contributed by atoms with Crippen LogP contribution >= 0.6 is 0 Å². The fourth-order valence-corrected chi connectivity index (χ4v) is 1.80. The number of halogens is 1. The molecule has 0 saturated heterocycles. The molecule has 21 heavy (non-hydrogen) atoms. The minimum atomic E-state index is -0.994. The predicted octanol–water partition coefficient (Wildman–Crippen LogP) is 2.75. The lowest BCUT2D eigenvalue weighted by molar-refractivity contribution is 0.00827. The Morgan fingerprint density at radius 1 is 1.48 bits per heavy atom. The van der Waals surface area contributed by atoms with Gasteiger partial charge in [-0.1, -0.05) is 20.3 Å². The van der Waals surface area contributed by atoms with Crippen LogP contribution < -0.4 is 15.4 Å². The first-order chi connectivity index (χ1) is 9.78. The third kappa shape index (κ3) is 5.23. The molecule has 0 spiro atoms. The molecule has 118 valence electrons. The zero-order valence-corrected chi connectivity index (χ0v) is 12.9. The highest BCUT2D eigenvalue weighted by molar-refractivity contribution is 5.89. The number of carbonyl (C=O) groups is 1. The molecule has 1 aromatic carbocycles. The van der Waals surface area contributed by atoms with Gasteiger partial charge in [0.1, 0.15) is 11.6 Å². The maximum Gasteiger partial charge on any atom is 0.319 e. The summed E-state index contributed by atoms with van der Waals surface area (Å²) in [4.78, 5) is 11.8. The van der Waals surface area contributed by atoms with Crippen molar-refractivity contribution < 1.29 is 19.0 Å². The summed E-state index contributed by atoms with van der Waals surface area (Å²) >= 11 is 0. The van der Waals surface area contributed by atoms with Crippen molar-refractivity contribution in [2.75, 3.05) is 19.0 Å². The Morgan fingerprint density at radius 3 is 2.71 bits per heavy atom. The van der Waals surface area contributed by atoms with E-state index in [0.717, 1.165) is 6.42 Å². The van der Waals surface area contributed by atoms with Crippen LogP contribution in [0.5, 0.6) is 5.75 Å². The number of amides is 2. The van der Waals surface area contributed by atoms with Crippen LogP contribution in [-0.4, -0.2) is 30.4 Å². The highest BCUT2D eigenvalue weighted by Gasteiger charge is 2.27. The van der Waals surface area contributed by atoms with Gasteiger partial charge in [-0.2, -0.15) is 0 Å². The van der Waals surface area contributed by atoms with Gasteiger partial charge >= 0.3 is 6.03 Å². The third-order valence-electron chi connectivity index (χ3n) is 3.65. The van der Waals surface area contributed by atoms with E-state index in [4.69, 9.17) is 4.74 Å². The summed E-state index contributed by atoms with van der Waals surface area (Å²) in [5, 5.41) is 15.3. The van der Waals surface area contributed by atoms with Crippen molar-refractivity contribution in [1.29, 1.82) is 0 Å². The quantitative estimate of drug-likeness (QED) is 0.756. The van der Waals surface area contributed by atoms with Gasteiger partial charge in [0.2, 0.25) is 0 Å². The highest BCUT2D eigenvalue weighted by atomic mass is 19.1. The number of benzene rings is 1. The number of aliphatic hydroxyl groups is 1. The molecule has 0 saturated carbocycles. The van der Waals surface area contributed by atoms with Gasteiger partial charge in [-0.3, -0.25) is 0 Å². The van der Waals surface area contributed by atoms with Gasteiger partial charge in [-0.25, -0.2) is 9.18 Å². The lowest BCUT2D eigenvalue weighted by Gasteiger charge is -2.29. The molecule has 6 heteroatoms. The number of carbonyl (C=O) groups excluding carboxylic acids is 1. The van der Waals surface area contributed by atoms with E-state index in [1.165, 1.54) is 25.3 Å². The van der Waals surface area contributed by atoms with Gasteiger partial charge in [-0.05, 0) is 18.9 Å². The number of methoxy groups -OCH3 is 1. The average molecular weight is 298 g/mol. The lowest BCUT2D eigenvalue weighted by Crippen LogP contribution is -2.46. The number of anilines is 1. The number of hydrogen-bond acceptors (Lipinski definition) is 3. The standard InChI is InChI=1S/C15H23FN2O3/c1-5-10(2)15(3,20)9-17-14(19)18-12-6-11(16)7-13(8-12)21-4/h6-8,10,20H,5,9H2,1-4H3,(H2,17,18,19). The largest absolute Gasteiger partial charge is 0.497 e. The van der Waals surface area contributed by atoms with Crippen LogP contribution in [0.25, 0.3) is 0 Å². The molecule has 0 aliphatic carbocycles. The van der Waals surface area contributed by atoms with Crippen LogP contribution in [0.1, 0.15) is 27.2 Å². The number of ether oxygens (including phenoxy) is 1. The minimum absolute atomic E-state index is 0.0482. The van der Waals surface area contributed by atoms with E-state index in [0.29, 0.717) is 5.75 Å². The van der Waals surface area contributed by atoms with Crippen molar-refractivity contribution in [2.45, 2.75) is 32.8 Å². The molecule has 1 rings (SSSR count). The molecule has 3 N–H and O–H groups in total. The summed E-state index contributed by atoms with van der Waals surface area (Å²) in [5.74, 6) is -0.139. The molecule has 0 aliphatic rings. The fourth-order valence-electron chi connectivity index (χ4n) is 1.80. The van der Waals surface area contributed by atoms with E-state index < -0.39 is 17.4 Å². The van der Waals surface area contributed by atoms with Crippen LogP contribution in [0.15, 0.2) is 18.2 Å². The average Bonchev–Trinajstić information content (AvgIpc) is 2.43. The molecule has 0 aliphatic heterocycles. The van der Waals surface area contributed by atoms with Crippen molar-refractivity contribution >= 4 is 11.7 Å². The molecular weight excluding hydrogens is 275 g/mol. The summed E-state index contributed by atoms with van der Waals surface area (Å²) in [5.41, 5.74) is -0.710. The molecule has 2 amide bonds. The van der Waals surface area contributed by atoms with Gasteiger partial charge in [0.05, 0.1) is 12.7 Å². The zero-order chi connectivity index (χ0) is 16.0. The first-order valence-corrected chi connectivity index (χ1v) is 6.90. The van der Waals surface area contributed by atoms with E-state index in [-0.39, 0.29) is 18.2 Å². The molecule has 2 atom stereocenters. The topological polar surface area (TPSA) is 70.6 Å². The maximum atomic E-state index is 13.3. The molecular formula is C15H23FN2O3. The Labute approximate surface area is 124 Å². The zero-order valence-electron chi connectivity index (χ0n) is 12.9.